The molecule has 2 aromatic heterocycles. The zero-order chi connectivity index (χ0) is 25.6. The first-order chi connectivity index (χ1) is 18.0. The van der Waals surface area contributed by atoms with Crippen LogP contribution in [0, 0.1) is 6.92 Å². The van der Waals surface area contributed by atoms with E-state index in [4.69, 9.17) is 8.83 Å². The number of nitrogens with one attached hydrogen (secondary N) is 2. The minimum atomic E-state index is -0.203. The largest absolute Gasteiger partial charge is 0.464 e. The number of amides is 2. The number of furan rings is 1. The highest BCUT2D eigenvalue weighted by atomic mass is 16.4. The van der Waals surface area contributed by atoms with Crippen molar-refractivity contribution in [3.63, 3.8) is 0 Å². The number of aromatic nitrogens is 1. The first kappa shape index (κ1) is 23.8. The summed E-state index contributed by atoms with van der Waals surface area (Å²) in [5.74, 6) is 1.54. The number of rotatable bonds is 8. The molecule has 0 spiro atoms. The number of carbonyl (C=O) groups is 2. The fourth-order valence-electron chi connectivity index (χ4n) is 3.89. The molecule has 5 rings (SSSR count). The van der Waals surface area contributed by atoms with Crippen molar-refractivity contribution in [2.24, 2.45) is 0 Å². The number of benzene rings is 3. The average Bonchev–Trinajstić information content (AvgIpc) is 3.59. The summed E-state index contributed by atoms with van der Waals surface area (Å²) in [7, 11) is 0. The van der Waals surface area contributed by atoms with E-state index in [-0.39, 0.29) is 18.4 Å². The SMILES string of the molecule is Cc1oc(-c2ccc(NC(=O)Cc3ccccc3)cc2)nc1CNC(=O)c1ccc(-c2ccco2)cc1. The Morgan fingerprint density at radius 3 is 2.27 bits per heavy atom. The van der Waals surface area contributed by atoms with E-state index in [1.165, 1.54) is 0 Å². The van der Waals surface area contributed by atoms with E-state index >= 15 is 0 Å². The molecule has 0 aliphatic carbocycles. The zero-order valence-electron chi connectivity index (χ0n) is 20.2. The van der Waals surface area contributed by atoms with Crippen LogP contribution in [0.4, 0.5) is 5.69 Å². The summed E-state index contributed by atoms with van der Waals surface area (Å²) < 4.78 is 11.2. The van der Waals surface area contributed by atoms with Gasteiger partial charge in [0.2, 0.25) is 11.8 Å². The van der Waals surface area contributed by atoms with Gasteiger partial charge in [0.25, 0.3) is 5.91 Å². The molecular weight excluding hydrogens is 466 g/mol. The average molecular weight is 492 g/mol. The maximum Gasteiger partial charge on any atom is 0.251 e. The lowest BCUT2D eigenvalue weighted by Gasteiger charge is -2.06. The highest BCUT2D eigenvalue weighted by Crippen LogP contribution is 2.24. The number of aryl methyl sites for hydroxylation is 1. The van der Waals surface area contributed by atoms with Crippen LogP contribution in [0.3, 0.4) is 0 Å². The molecule has 0 aliphatic heterocycles. The van der Waals surface area contributed by atoms with Crippen LogP contribution < -0.4 is 10.6 Å². The van der Waals surface area contributed by atoms with Crippen LogP contribution in [0.25, 0.3) is 22.8 Å². The molecule has 0 atom stereocenters. The van der Waals surface area contributed by atoms with Gasteiger partial charge in [-0.3, -0.25) is 9.59 Å². The molecule has 37 heavy (non-hydrogen) atoms. The topological polar surface area (TPSA) is 97.4 Å². The van der Waals surface area contributed by atoms with E-state index < -0.39 is 0 Å². The van der Waals surface area contributed by atoms with Crippen molar-refractivity contribution in [3.8, 4) is 22.8 Å². The molecule has 0 aliphatic rings. The molecule has 2 N–H and O–H groups in total. The molecule has 7 heteroatoms. The summed E-state index contributed by atoms with van der Waals surface area (Å²) >= 11 is 0. The third-order valence-electron chi connectivity index (χ3n) is 5.88. The van der Waals surface area contributed by atoms with Crippen molar-refractivity contribution in [2.45, 2.75) is 19.9 Å². The minimum Gasteiger partial charge on any atom is -0.464 e. The Balaban J connectivity index is 1.18. The van der Waals surface area contributed by atoms with E-state index in [1.807, 2.05) is 85.8 Å². The number of oxazole rings is 1. The lowest BCUT2D eigenvalue weighted by Crippen LogP contribution is -2.23. The molecule has 2 heterocycles. The second-order valence-corrected chi connectivity index (χ2v) is 8.55. The van der Waals surface area contributed by atoms with Gasteiger partial charge in [-0.2, -0.15) is 0 Å². The predicted molar refractivity (Wildman–Crippen MR) is 141 cm³/mol. The molecular formula is C30H25N3O4. The Morgan fingerprint density at radius 1 is 0.838 bits per heavy atom. The van der Waals surface area contributed by atoms with Gasteiger partial charge in [-0.05, 0) is 61.0 Å². The molecule has 184 valence electrons. The fourth-order valence-corrected chi connectivity index (χ4v) is 3.89. The number of hydrogen-bond donors (Lipinski definition) is 2. The highest BCUT2D eigenvalue weighted by molar-refractivity contribution is 5.94. The standard InChI is InChI=1S/C30H25N3O4/c1-20-26(19-31-29(35)23-11-9-22(10-12-23)27-8-5-17-36-27)33-30(37-20)24-13-15-25(16-14-24)32-28(34)18-21-6-3-2-4-7-21/h2-17H,18-19H2,1H3,(H,31,35)(H,32,34). The Labute approximate surface area is 214 Å². The third-order valence-corrected chi connectivity index (χ3v) is 5.88. The maximum atomic E-state index is 12.6. The number of anilines is 1. The van der Waals surface area contributed by atoms with Gasteiger partial charge in [-0.25, -0.2) is 4.98 Å². The van der Waals surface area contributed by atoms with Crippen LogP contribution in [0.1, 0.15) is 27.4 Å². The number of nitrogens with zero attached hydrogens (tertiary/aromatic N) is 1. The van der Waals surface area contributed by atoms with E-state index in [1.54, 1.807) is 18.4 Å². The van der Waals surface area contributed by atoms with Crippen LogP contribution in [-0.4, -0.2) is 16.8 Å². The minimum absolute atomic E-state index is 0.0837. The fraction of sp³-hybridized carbons (Fsp3) is 0.100. The summed E-state index contributed by atoms with van der Waals surface area (Å²) in [4.78, 5) is 29.5. The summed E-state index contributed by atoms with van der Waals surface area (Å²) in [6.07, 6.45) is 1.93. The van der Waals surface area contributed by atoms with Crippen molar-refractivity contribution < 1.29 is 18.4 Å². The van der Waals surface area contributed by atoms with Crippen molar-refractivity contribution >= 4 is 17.5 Å². The second-order valence-electron chi connectivity index (χ2n) is 8.55. The van der Waals surface area contributed by atoms with Crippen molar-refractivity contribution in [1.29, 1.82) is 0 Å². The van der Waals surface area contributed by atoms with Crippen molar-refractivity contribution in [2.75, 3.05) is 5.32 Å². The van der Waals surface area contributed by atoms with E-state index in [0.29, 0.717) is 35.0 Å². The quantitative estimate of drug-likeness (QED) is 0.277. The zero-order valence-corrected chi connectivity index (χ0v) is 20.2. The van der Waals surface area contributed by atoms with Crippen LogP contribution in [-0.2, 0) is 17.8 Å². The first-order valence-electron chi connectivity index (χ1n) is 11.9. The van der Waals surface area contributed by atoms with Crippen LogP contribution in [0.2, 0.25) is 0 Å². The number of carbonyl (C=O) groups excluding carboxylic acids is 2. The number of hydrogen-bond acceptors (Lipinski definition) is 5. The van der Waals surface area contributed by atoms with Gasteiger partial charge in [0.15, 0.2) is 0 Å². The van der Waals surface area contributed by atoms with E-state index in [9.17, 15) is 9.59 Å². The molecule has 0 saturated carbocycles. The molecule has 2 amide bonds. The maximum absolute atomic E-state index is 12.6. The summed E-state index contributed by atoms with van der Waals surface area (Å²) in [6, 6.07) is 27.8. The van der Waals surface area contributed by atoms with Gasteiger partial charge in [-0.15, -0.1) is 0 Å². The second kappa shape index (κ2) is 10.8. The molecule has 5 aromatic rings. The smallest absolute Gasteiger partial charge is 0.251 e. The van der Waals surface area contributed by atoms with Crippen LogP contribution in [0.15, 0.2) is 106 Å². The predicted octanol–water partition coefficient (Wildman–Crippen LogP) is 6.02. The molecule has 7 nitrogen and oxygen atoms in total. The van der Waals surface area contributed by atoms with E-state index in [2.05, 4.69) is 15.6 Å². The highest BCUT2D eigenvalue weighted by Gasteiger charge is 2.14. The summed E-state index contributed by atoms with van der Waals surface area (Å²) in [6.45, 7) is 2.05. The Kier molecular flexibility index (Phi) is 6.94. The van der Waals surface area contributed by atoms with Crippen molar-refractivity contribution in [3.05, 3.63) is 120 Å². The van der Waals surface area contributed by atoms with Crippen LogP contribution >= 0.6 is 0 Å². The van der Waals surface area contributed by atoms with Crippen LogP contribution in [0.5, 0.6) is 0 Å². The molecule has 0 unspecified atom stereocenters. The first-order valence-corrected chi connectivity index (χ1v) is 11.9. The lowest BCUT2D eigenvalue weighted by molar-refractivity contribution is -0.115. The van der Waals surface area contributed by atoms with Crippen molar-refractivity contribution in [1.82, 2.24) is 10.3 Å². The van der Waals surface area contributed by atoms with Gasteiger partial charge in [0, 0.05) is 22.4 Å². The Bertz CT molecular complexity index is 1490. The molecule has 0 saturated heterocycles. The summed E-state index contributed by atoms with van der Waals surface area (Å²) in [5.41, 5.74) is 4.52. The summed E-state index contributed by atoms with van der Waals surface area (Å²) in [5, 5.41) is 5.80. The van der Waals surface area contributed by atoms with Gasteiger partial charge < -0.3 is 19.5 Å². The normalized spacial score (nSPS) is 10.7. The lowest BCUT2D eigenvalue weighted by atomic mass is 10.1. The molecule has 0 bridgehead atoms. The van der Waals surface area contributed by atoms with E-state index in [0.717, 1.165) is 22.5 Å². The Morgan fingerprint density at radius 2 is 1.57 bits per heavy atom. The van der Waals surface area contributed by atoms with Gasteiger partial charge >= 0.3 is 0 Å². The van der Waals surface area contributed by atoms with Gasteiger partial charge in [-0.1, -0.05) is 42.5 Å². The third kappa shape index (κ3) is 5.85. The van der Waals surface area contributed by atoms with Gasteiger partial charge in [0.1, 0.15) is 17.2 Å². The monoisotopic (exact) mass is 491 g/mol. The Hall–Kier alpha value is -4.91. The molecule has 3 aromatic carbocycles. The van der Waals surface area contributed by atoms with Gasteiger partial charge in [0.05, 0.1) is 19.2 Å². The molecule has 0 radical (unpaired) electrons. The molecule has 0 fully saturated rings.